The molecule has 0 radical (unpaired) electrons. The van der Waals surface area contributed by atoms with Crippen LogP contribution in [0.5, 0.6) is 0 Å². The summed E-state index contributed by atoms with van der Waals surface area (Å²) in [6.07, 6.45) is 6.41. The molecule has 2 unspecified atom stereocenters. The molecular formula is C17H35N. The molecule has 108 valence electrons. The standard InChI is InChI=1S/C17H35N/c1-7-10-18(11-8-2)14-17(9-3)13-16(6)12-15(4)5/h16-17H,4,7-14H2,1-3,5-6H3. The first-order valence-electron chi connectivity index (χ1n) is 7.90. The predicted octanol–water partition coefficient (Wildman–Crippen LogP) is 5.13. The first kappa shape index (κ1) is 17.7. The lowest BCUT2D eigenvalue weighted by Crippen LogP contribution is -2.31. The lowest BCUT2D eigenvalue weighted by atomic mass is 9.89. The third-order valence-corrected chi connectivity index (χ3v) is 3.61. The Morgan fingerprint density at radius 1 is 1.11 bits per heavy atom. The molecule has 0 rings (SSSR count). The largest absolute Gasteiger partial charge is 0.303 e. The molecular weight excluding hydrogens is 218 g/mol. The van der Waals surface area contributed by atoms with Gasteiger partial charge < -0.3 is 4.90 Å². The molecule has 0 aliphatic heterocycles. The molecule has 0 aromatic heterocycles. The van der Waals surface area contributed by atoms with Crippen LogP contribution in [0, 0.1) is 11.8 Å². The summed E-state index contributed by atoms with van der Waals surface area (Å²) in [6, 6.07) is 0. The van der Waals surface area contributed by atoms with Crippen molar-refractivity contribution in [3.8, 4) is 0 Å². The molecule has 0 amide bonds. The predicted molar refractivity (Wildman–Crippen MR) is 84.0 cm³/mol. The van der Waals surface area contributed by atoms with Crippen molar-refractivity contribution in [2.24, 2.45) is 11.8 Å². The third kappa shape index (κ3) is 8.74. The van der Waals surface area contributed by atoms with E-state index in [2.05, 4.69) is 46.1 Å². The topological polar surface area (TPSA) is 3.24 Å². The molecule has 2 atom stereocenters. The smallest absolute Gasteiger partial charge is 0.000965 e. The number of allylic oxidation sites excluding steroid dienone is 1. The van der Waals surface area contributed by atoms with E-state index in [1.807, 2.05) is 0 Å². The second-order valence-corrected chi connectivity index (χ2v) is 6.08. The Bertz CT molecular complexity index is 204. The highest BCUT2D eigenvalue weighted by Gasteiger charge is 2.15. The van der Waals surface area contributed by atoms with Crippen molar-refractivity contribution in [2.75, 3.05) is 19.6 Å². The summed E-state index contributed by atoms with van der Waals surface area (Å²) < 4.78 is 0. The van der Waals surface area contributed by atoms with Crippen LogP contribution < -0.4 is 0 Å². The summed E-state index contributed by atoms with van der Waals surface area (Å²) in [5, 5.41) is 0. The van der Waals surface area contributed by atoms with Crippen LogP contribution >= 0.6 is 0 Å². The van der Waals surface area contributed by atoms with Gasteiger partial charge >= 0.3 is 0 Å². The zero-order chi connectivity index (χ0) is 14.0. The van der Waals surface area contributed by atoms with E-state index in [-0.39, 0.29) is 0 Å². The Balaban J connectivity index is 4.16. The summed E-state index contributed by atoms with van der Waals surface area (Å²) in [7, 11) is 0. The molecule has 0 fully saturated rings. The molecule has 0 heterocycles. The maximum Gasteiger partial charge on any atom is 0.000965 e. The molecule has 1 heteroatoms. The van der Waals surface area contributed by atoms with Gasteiger partial charge in [-0.25, -0.2) is 0 Å². The van der Waals surface area contributed by atoms with Crippen LogP contribution in [0.4, 0.5) is 0 Å². The van der Waals surface area contributed by atoms with Crippen molar-refractivity contribution >= 4 is 0 Å². The zero-order valence-corrected chi connectivity index (χ0v) is 13.5. The minimum absolute atomic E-state index is 0.789. The van der Waals surface area contributed by atoms with E-state index >= 15 is 0 Å². The van der Waals surface area contributed by atoms with Crippen molar-refractivity contribution in [3.05, 3.63) is 12.2 Å². The first-order valence-corrected chi connectivity index (χ1v) is 7.90. The van der Waals surface area contributed by atoms with E-state index in [0.717, 1.165) is 11.8 Å². The molecule has 18 heavy (non-hydrogen) atoms. The number of hydrogen-bond acceptors (Lipinski definition) is 1. The summed E-state index contributed by atoms with van der Waals surface area (Å²) in [4.78, 5) is 2.65. The van der Waals surface area contributed by atoms with Crippen LogP contribution in [0.1, 0.15) is 66.7 Å². The van der Waals surface area contributed by atoms with Gasteiger partial charge in [-0.3, -0.25) is 0 Å². The summed E-state index contributed by atoms with van der Waals surface area (Å²) in [5.41, 5.74) is 1.33. The van der Waals surface area contributed by atoms with E-state index in [1.54, 1.807) is 0 Å². The van der Waals surface area contributed by atoms with Crippen molar-refractivity contribution in [2.45, 2.75) is 66.7 Å². The van der Waals surface area contributed by atoms with Crippen LogP contribution in [-0.2, 0) is 0 Å². The highest BCUT2D eigenvalue weighted by Crippen LogP contribution is 2.22. The second kappa shape index (κ2) is 10.6. The summed E-state index contributed by atoms with van der Waals surface area (Å²) >= 11 is 0. The quantitative estimate of drug-likeness (QED) is 0.462. The maximum atomic E-state index is 4.04. The fourth-order valence-electron chi connectivity index (χ4n) is 2.91. The molecule has 0 saturated heterocycles. The number of nitrogens with zero attached hydrogens (tertiary/aromatic N) is 1. The fourth-order valence-corrected chi connectivity index (χ4v) is 2.91. The average Bonchev–Trinajstić information content (AvgIpc) is 2.27. The van der Waals surface area contributed by atoms with E-state index in [4.69, 9.17) is 0 Å². The van der Waals surface area contributed by atoms with Crippen molar-refractivity contribution in [3.63, 3.8) is 0 Å². The normalized spacial score (nSPS) is 14.8. The Morgan fingerprint density at radius 2 is 1.67 bits per heavy atom. The van der Waals surface area contributed by atoms with Gasteiger partial charge in [0.05, 0.1) is 0 Å². The molecule has 1 nitrogen and oxygen atoms in total. The Hall–Kier alpha value is -0.300. The Morgan fingerprint density at radius 3 is 2.06 bits per heavy atom. The van der Waals surface area contributed by atoms with E-state index in [1.165, 1.54) is 57.3 Å². The van der Waals surface area contributed by atoms with Crippen molar-refractivity contribution in [1.29, 1.82) is 0 Å². The van der Waals surface area contributed by atoms with E-state index in [9.17, 15) is 0 Å². The highest BCUT2D eigenvalue weighted by atomic mass is 15.1. The lowest BCUT2D eigenvalue weighted by molar-refractivity contribution is 0.208. The van der Waals surface area contributed by atoms with E-state index < -0.39 is 0 Å². The van der Waals surface area contributed by atoms with Crippen LogP contribution in [0.2, 0.25) is 0 Å². The van der Waals surface area contributed by atoms with Gasteiger partial charge in [0, 0.05) is 6.54 Å². The molecule has 0 spiro atoms. The first-order chi connectivity index (χ1) is 8.53. The minimum atomic E-state index is 0.789. The van der Waals surface area contributed by atoms with Crippen LogP contribution in [0.3, 0.4) is 0 Å². The van der Waals surface area contributed by atoms with Crippen LogP contribution in [-0.4, -0.2) is 24.5 Å². The monoisotopic (exact) mass is 253 g/mol. The molecule has 0 aliphatic rings. The number of hydrogen-bond donors (Lipinski definition) is 0. The molecule has 0 N–H and O–H groups in total. The second-order valence-electron chi connectivity index (χ2n) is 6.08. The van der Waals surface area contributed by atoms with Gasteiger partial charge in [-0.1, -0.05) is 39.7 Å². The van der Waals surface area contributed by atoms with E-state index in [0.29, 0.717) is 0 Å². The number of rotatable bonds is 11. The van der Waals surface area contributed by atoms with Crippen LogP contribution in [0.25, 0.3) is 0 Å². The van der Waals surface area contributed by atoms with Gasteiger partial charge in [0.2, 0.25) is 0 Å². The van der Waals surface area contributed by atoms with Gasteiger partial charge in [0.25, 0.3) is 0 Å². The molecule has 0 aliphatic carbocycles. The van der Waals surface area contributed by atoms with Gasteiger partial charge in [0.1, 0.15) is 0 Å². The van der Waals surface area contributed by atoms with Gasteiger partial charge in [0.15, 0.2) is 0 Å². The minimum Gasteiger partial charge on any atom is -0.303 e. The Labute approximate surface area is 116 Å². The van der Waals surface area contributed by atoms with Gasteiger partial charge in [-0.15, -0.1) is 6.58 Å². The SMILES string of the molecule is C=C(C)CC(C)CC(CC)CN(CCC)CCC. The Kier molecular flexibility index (Phi) is 10.4. The lowest BCUT2D eigenvalue weighted by Gasteiger charge is -2.28. The molecule has 0 bridgehead atoms. The molecule has 0 saturated carbocycles. The van der Waals surface area contributed by atoms with Gasteiger partial charge in [-0.2, -0.15) is 0 Å². The van der Waals surface area contributed by atoms with Crippen molar-refractivity contribution in [1.82, 2.24) is 4.90 Å². The summed E-state index contributed by atoms with van der Waals surface area (Å²) in [6.45, 7) is 19.3. The van der Waals surface area contributed by atoms with Gasteiger partial charge in [-0.05, 0) is 57.5 Å². The van der Waals surface area contributed by atoms with Crippen LogP contribution in [0.15, 0.2) is 12.2 Å². The fraction of sp³-hybridized carbons (Fsp3) is 0.882. The molecule has 0 aromatic carbocycles. The highest BCUT2D eigenvalue weighted by molar-refractivity contribution is 4.89. The summed E-state index contributed by atoms with van der Waals surface area (Å²) in [5.74, 6) is 1.65. The molecule has 0 aromatic rings. The maximum absolute atomic E-state index is 4.04. The third-order valence-electron chi connectivity index (χ3n) is 3.61. The zero-order valence-electron chi connectivity index (χ0n) is 13.5. The van der Waals surface area contributed by atoms with Crippen molar-refractivity contribution < 1.29 is 0 Å². The average molecular weight is 253 g/mol.